The summed E-state index contributed by atoms with van der Waals surface area (Å²) in [4.78, 5) is 2.58. The highest BCUT2D eigenvalue weighted by Crippen LogP contribution is 2.42. The van der Waals surface area contributed by atoms with Crippen molar-refractivity contribution in [2.24, 2.45) is 0 Å². The number of nitrogens with zero attached hydrogens (tertiary/aromatic N) is 2. The molecule has 0 atom stereocenters. The number of fused-ring (bicyclic) bond motifs is 1. The molecule has 0 aliphatic rings. The third-order valence-electron chi connectivity index (χ3n) is 5.86. The van der Waals surface area contributed by atoms with Gasteiger partial charge in [-0.2, -0.15) is 0 Å². The topological polar surface area (TPSA) is 26.6 Å². The number of benzene rings is 2. The number of aromatic nitrogens is 1. The third-order valence-corrected chi connectivity index (χ3v) is 5.86. The van der Waals surface area contributed by atoms with Crippen molar-refractivity contribution in [1.82, 2.24) is 9.47 Å². The number of hydrogen-bond donors (Lipinski definition) is 0. The summed E-state index contributed by atoms with van der Waals surface area (Å²) < 4.78 is 14.1. The second-order valence-electron chi connectivity index (χ2n) is 8.22. The number of methoxy groups -OCH3 is 2. The van der Waals surface area contributed by atoms with Gasteiger partial charge >= 0.3 is 0 Å². The van der Waals surface area contributed by atoms with Crippen molar-refractivity contribution in [3.8, 4) is 17.2 Å². The smallest absolute Gasteiger partial charge is 0.170 e. The summed E-state index contributed by atoms with van der Waals surface area (Å²) in [5.41, 5.74) is 4.87. The molecule has 168 valence electrons. The van der Waals surface area contributed by atoms with Gasteiger partial charge in [0.2, 0.25) is 0 Å². The van der Waals surface area contributed by atoms with Crippen LogP contribution in [-0.2, 0) is 13.0 Å². The Balaban J connectivity index is 2.23. The maximum atomic E-state index is 5.91. The zero-order valence-corrected chi connectivity index (χ0v) is 19.9. The number of ether oxygens (including phenoxy) is 2. The SMILES string of the molecule is CCCCN(CCC)Cc1cc2c(OC)c(OC)c(CCC)cc2n1-c1ccccc1. The first-order valence-corrected chi connectivity index (χ1v) is 11.7. The first-order chi connectivity index (χ1) is 15.2. The van der Waals surface area contributed by atoms with Gasteiger partial charge in [0.1, 0.15) is 0 Å². The number of unbranched alkanes of at least 4 members (excludes halogenated alkanes) is 1. The van der Waals surface area contributed by atoms with Crippen LogP contribution in [0.4, 0.5) is 0 Å². The summed E-state index contributed by atoms with van der Waals surface area (Å²) in [6.45, 7) is 9.88. The molecule has 0 radical (unpaired) electrons. The lowest BCUT2D eigenvalue weighted by Gasteiger charge is -2.23. The Labute approximate surface area is 187 Å². The molecular weight excluding hydrogens is 384 g/mol. The first kappa shape index (κ1) is 23.2. The van der Waals surface area contributed by atoms with Gasteiger partial charge in [-0.1, -0.05) is 51.8 Å². The molecule has 0 saturated carbocycles. The number of rotatable bonds is 12. The predicted molar refractivity (Wildman–Crippen MR) is 131 cm³/mol. The number of hydrogen-bond acceptors (Lipinski definition) is 3. The largest absolute Gasteiger partial charge is 0.493 e. The summed E-state index contributed by atoms with van der Waals surface area (Å²) in [5.74, 6) is 1.71. The van der Waals surface area contributed by atoms with E-state index in [4.69, 9.17) is 9.47 Å². The van der Waals surface area contributed by atoms with Gasteiger partial charge in [0, 0.05) is 28.9 Å². The quantitative estimate of drug-likeness (QED) is 0.328. The van der Waals surface area contributed by atoms with E-state index in [1.165, 1.54) is 35.3 Å². The fraction of sp³-hybridized carbons (Fsp3) is 0.481. The Morgan fingerprint density at radius 2 is 1.58 bits per heavy atom. The maximum absolute atomic E-state index is 5.91. The first-order valence-electron chi connectivity index (χ1n) is 11.7. The second-order valence-corrected chi connectivity index (χ2v) is 8.22. The molecule has 0 unspecified atom stereocenters. The van der Waals surface area contributed by atoms with Crippen molar-refractivity contribution in [3.05, 3.63) is 53.7 Å². The van der Waals surface area contributed by atoms with Crippen LogP contribution in [0.2, 0.25) is 0 Å². The second kappa shape index (κ2) is 11.2. The van der Waals surface area contributed by atoms with Gasteiger partial charge in [-0.15, -0.1) is 0 Å². The van der Waals surface area contributed by atoms with Crippen LogP contribution in [-0.4, -0.2) is 36.8 Å². The standard InChI is InChI=1S/C27H38N2O2/c1-6-9-17-28(16-8-3)20-23-19-24-25(29(23)22-14-11-10-12-15-22)18-21(13-7-2)26(30-4)27(24)31-5/h10-12,14-15,18-19H,6-9,13,16-17,20H2,1-5H3. The fourth-order valence-corrected chi connectivity index (χ4v) is 4.48. The molecule has 1 heterocycles. The molecule has 2 aromatic carbocycles. The highest BCUT2D eigenvalue weighted by atomic mass is 16.5. The van der Waals surface area contributed by atoms with E-state index in [9.17, 15) is 0 Å². The van der Waals surface area contributed by atoms with Crippen LogP contribution in [0.3, 0.4) is 0 Å². The summed E-state index contributed by atoms with van der Waals surface area (Å²) >= 11 is 0. The highest BCUT2D eigenvalue weighted by Gasteiger charge is 2.21. The third kappa shape index (κ3) is 5.07. The van der Waals surface area contributed by atoms with E-state index in [0.717, 1.165) is 55.8 Å². The normalized spacial score (nSPS) is 11.4. The minimum Gasteiger partial charge on any atom is -0.493 e. The van der Waals surface area contributed by atoms with E-state index >= 15 is 0 Å². The molecule has 3 rings (SSSR count). The molecule has 1 aromatic heterocycles. The number of para-hydroxylation sites is 1. The van der Waals surface area contributed by atoms with E-state index < -0.39 is 0 Å². The van der Waals surface area contributed by atoms with E-state index in [0.29, 0.717) is 0 Å². The van der Waals surface area contributed by atoms with Crippen molar-refractivity contribution in [3.63, 3.8) is 0 Å². The summed E-state index contributed by atoms with van der Waals surface area (Å²) in [7, 11) is 3.49. The minimum atomic E-state index is 0.843. The van der Waals surface area contributed by atoms with Crippen LogP contribution >= 0.6 is 0 Å². The molecule has 0 aliphatic heterocycles. The molecule has 0 N–H and O–H groups in total. The molecular formula is C27H38N2O2. The monoisotopic (exact) mass is 422 g/mol. The fourth-order valence-electron chi connectivity index (χ4n) is 4.48. The van der Waals surface area contributed by atoms with Crippen molar-refractivity contribution < 1.29 is 9.47 Å². The number of aryl methyl sites for hydroxylation is 1. The average Bonchev–Trinajstić information content (AvgIpc) is 3.14. The molecule has 0 aliphatic carbocycles. The lowest BCUT2D eigenvalue weighted by molar-refractivity contribution is 0.258. The zero-order chi connectivity index (χ0) is 22.2. The molecule has 0 bridgehead atoms. The van der Waals surface area contributed by atoms with Gasteiger partial charge in [-0.3, -0.25) is 4.90 Å². The van der Waals surface area contributed by atoms with Crippen molar-refractivity contribution in [2.45, 2.75) is 59.4 Å². The van der Waals surface area contributed by atoms with Gasteiger partial charge < -0.3 is 14.0 Å². The van der Waals surface area contributed by atoms with Gasteiger partial charge in [0.05, 0.1) is 19.7 Å². The molecule has 0 fully saturated rings. The molecule has 4 nitrogen and oxygen atoms in total. The average molecular weight is 423 g/mol. The van der Waals surface area contributed by atoms with E-state index in [-0.39, 0.29) is 0 Å². The van der Waals surface area contributed by atoms with Gasteiger partial charge in [0.15, 0.2) is 11.5 Å². The lowest BCUT2D eigenvalue weighted by atomic mass is 10.1. The van der Waals surface area contributed by atoms with Crippen LogP contribution in [0.5, 0.6) is 11.5 Å². The van der Waals surface area contributed by atoms with Gasteiger partial charge in [0.25, 0.3) is 0 Å². The molecule has 31 heavy (non-hydrogen) atoms. The lowest BCUT2D eigenvalue weighted by Crippen LogP contribution is -2.26. The van der Waals surface area contributed by atoms with Gasteiger partial charge in [-0.25, -0.2) is 0 Å². The van der Waals surface area contributed by atoms with E-state index in [2.05, 4.69) is 72.7 Å². The van der Waals surface area contributed by atoms with E-state index in [1.807, 2.05) is 0 Å². The van der Waals surface area contributed by atoms with Crippen LogP contribution in [0, 0.1) is 0 Å². The van der Waals surface area contributed by atoms with Crippen molar-refractivity contribution in [1.29, 1.82) is 0 Å². The van der Waals surface area contributed by atoms with Crippen LogP contribution in [0.1, 0.15) is 57.7 Å². The van der Waals surface area contributed by atoms with Crippen molar-refractivity contribution >= 4 is 10.9 Å². The van der Waals surface area contributed by atoms with E-state index in [1.54, 1.807) is 14.2 Å². The Kier molecular flexibility index (Phi) is 8.42. The Morgan fingerprint density at radius 3 is 2.19 bits per heavy atom. The summed E-state index contributed by atoms with van der Waals surface area (Å²) in [5, 5.41) is 1.12. The predicted octanol–water partition coefficient (Wildman–Crippen LogP) is 6.61. The van der Waals surface area contributed by atoms with Crippen LogP contribution in [0.15, 0.2) is 42.5 Å². The summed E-state index contributed by atoms with van der Waals surface area (Å²) in [6, 6.07) is 15.3. The summed E-state index contributed by atoms with van der Waals surface area (Å²) in [6.07, 6.45) is 5.62. The maximum Gasteiger partial charge on any atom is 0.170 e. The van der Waals surface area contributed by atoms with Crippen LogP contribution in [0.25, 0.3) is 16.6 Å². The molecule has 4 heteroatoms. The molecule has 0 amide bonds. The van der Waals surface area contributed by atoms with Crippen LogP contribution < -0.4 is 9.47 Å². The molecule has 3 aromatic rings. The Bertz CT molecular complexity index is 963. The van der Waals surface area contributed by atoms with Gasteiger partial charge in [-0.05, 0) is 56.6 Å². The minimum absolute atomic E-state index is 0.843. The Hall–Kier alpha value is -2.46. The molecule has 0 spiro atoms. The highest BCUT2D eigenvalue weighted by molar-refractivity contribution is 5.92. The molecule has 0 saturated heterocycles. The zero-order valence-electron chi connectivity index (χ0n) is 19.9. The van der Waals surface area contributed by atoms with Crippen molar-refractivity contribution in [2.75, 3.05) is 27.3 Å². The Morgan fingerprint density at radius 1 is 0.839 bits per heavy atom.